The van der Waals surface area contributed by atoms with Gasteiger partial charge < -0.3 is 4.57 Å². The van der Waals surface area contributed by atoms with Crippen LogP contribution in [0.1, 0.15) is 30.3 Å². The van der Waals surface area contributed by atoms with Gasteiger partial charge in [0.15, 0.2) is 11.2 Å². The molecule has 2 aromatic rings. The number of hydrogen-bond acceptors (Lipinski definition) is 3. The normalized spacial score (nSPS) is 15.9. The van der Waals surface area contributed by atoms with Crippen LogP contribution in [0.5, 0.6) is 0 Å². The first kappa shape index (κ1) is 10.8. The van der Waals surface area contributed by atoms with Gasteiger partial charge in [0, 0.05) is 23.4 Å². The molecule has 20 heavy (non-hydrogen) atoms. The molecule has 7 heteroatoms. The third-order valence-electron chi connectivity index (χ3n) is 3.12. The largest absolute Gasteiger partial charge is 0.332 e. The smallest absolute Gasteiger partial charge is 0.328 e. The molecule has 2 aromatic heterocycles. The Kier molecular flexibility index (Phi) is 3.03. The highest BCUT2D eigenvalue weighted by Gasteiger charge is 2.14. The summed E-state index contributed by atoms with van der Waals surface area (Å²) in [5.74, 6) is 0. The lowest BCUT2D eigenvalue weighted by molar-refractivity contribution is 0.328. The second-order valence-corrected chi connectivity index (χ2v) is 4.67. The fraction of sp³-hybridized carbons (Fsp3) is 0.615. The number of rotatable bonds is 5. The van der Waals surface area contributed by atoms with Crippen molar-refractivity contribution in [3.8, 4) is 0 Å². The quantitative estimate of drug-likeness (QED) is 0.822. The van der Waals surface area contributed by atoms with Gasteiger partial charge in [-0.3, -0.25) is 13.9 Å². The minimum absolute atomic E-state index is 0.0216. The summed E-state index contributed by atoms with van der Waals surface area (Å²) in [4.78, 5) is 28.6. The van der Waals surface area contributed by atoms with Crippen LogP contribution in [0.15, 0.2) is 15.9 Å². The van der Waals surface area contributed by atoms with Gasteiger partial charge in [0.05, 0.1) is 12.5 Å². The molecule has 0 aliphatic rings. The van der Waals surface area contributed by atoms with Crippen molar-refractivity contribution in [1.82, 2.24) is 18.7 Å². The van der Waals surface area contributed by atoms with Crippen LogP contribution in [-0.4, -0.2) is 24.9 Å². The zero-order chi connectivity index (χ0) is 17.5. The summed E-state index contributed by atoms with van der Waals surface area (Å²) < 4.78 is 39.3. The number of aromatic nitrogens is 4. The lowest BCUT2D eigenvalue weighted by atomic mass is 10.2. The van der Waals surface area contributed by atoms with Crippen LogP contribution >= 0.6 is 0 Å². The average molecular weight is 285 g/mol. The molecule has 0 fully saturated rings. The van der Waals surface area contributed by atoms with Gasteiger partial charge in [0.1, 0.15) is 1.37 Å². The molecule has 0 aliphatic heterocycles. The maximum atomic E-state index is 13.1. The molecule has 0 unspecified atom stereocenters. The number of aryl methyl sites for hydroxylation is 2. The maximum Gasteiger partial charge on any atom is 0.332 e. The van der Waals surface area contributed by atoms with Gasteiger partial charge in [-0.15, -0.1) is 0 Å². The van der Waals surface area contributed by atoms with Crippen LogP contribution in [0.25, 0.3) is 11.2 Å². The van der Waals surface area contributed by atoms with E-state index < -0.39 is 23.8 Å². The van der Waals surface area contributed by atoms with E-state index in [1.54, 1.807) is 0 Å². The third kappa shape index (κ3) is 2.52. The summed E-state index contributed by atoms with van der Waals surface area (Å²) in [6.07, 6.45) is -3.72. The third-order valence-corrected chi connectivity index (χ3v) is 3.12. The predicted octanol–water partition coefficient (Wildman–Crippen LogP) is 0.962. The molecule has 0 bridgehead atoms. The van der Waals surface area contributed by atoms with Crippen molar-refractivity contribution in [2.24, 2.45) is 14.1 Å². The van der Waals surface area contributed by atoms with E-state index >= 15 is 0 Å². The number of imidazole rings is 1. The Morgan fingerprint density at radius 2 is 2.15 bits per heavy atom. The zero-order valence-corrected chi connectivity index (χ0v) is 11.7. The molecular formula is C13H19FN4O2. The van der Waals surface area contributed by atoms with Crippen molar-refractivity contribution < 1.29 is 8.50 Å². The van der Waals surface area contributed by atoms with E-state index in [0.717, 1.165) is 11.5 Å². The highest BCUT2D eigenvalue weighted by atomic mass is 19.1. The van der Waals surface area contributed by atoms with Crippen molar-refractivity contribution in [3.05, 3.63) is 27.1 Å². The topological polar surface area (TPSA) is 61.8 Å². The van der Waals surface area contributed by atoms with Gasteiger partial charge in [-0.25, -0.2) is 14.2 Å². The van der Waals surface area contributed by atoms with Crippen molar-refractivity contribution in [2.45, 2.75) is 38.9 Å². The molecule has 0 aromatic carbocycles. The summed E-state index contributed by atoms with van der Waals surface area (Å²) in [6, 6.07) is 0. The molecule has 0 amide bonds. The Labute approximate surface area is 119 Å². The fourth-order valence-electron chi connectivity index (χ4n) is 2.07. The zero-order valence-electron chi connectivity index (χ0n) is 14.7. The van der Waals surface area contributed by atoms with Crippen molar-refractivity contribution in [3.63, 3.8) is 0 Å². The molecule has 2 rings (SSSR count). The summed E-state index contributed by atoms with van der Waals surface area (Å²) in [6.45, 7) is 1.12. The summed E-state index contributed by atoms with van der Waals surface area (Å²) in [5, 5.41) is 0. The standard InChI is InChI=1S/C13H19FN4O2/c1-9(14)6-4-5-7-18-12(19)10-11(15-8-16(10)2)17(3)13(18)20/h8-9H,4-7H2,1-3H3/t9-/m0/s1/i6D2,8D. The molecular weight excluding hydrogens is 263 g/mol. The van der Waals surface area contributed by atoms with Gasteiger partial charge in [-0.05, 0) is 26.1 Å². The van der Waals surface area contributed by atoms with Gasteiger partial charge in [-0.2, -0.15) is 0 Å². The van der Waals surface area contributed by atoms with Crippen LogP contribution in [0.2, 0.25) is 0 Å². The van der Waals surface area contributed by atoms with Crippen LogP contribution in [0.4, 0.5) is 4.39 Å². The summed E-state index contributed by atoms with van der Waals surface area (Å²) in [5.41, 5.74) is -0.893. The molecule has 1 atom stereocenters. The van der Waals surface area contributed by atoms with E-state index in [-0.39, 0.29) is 36.9 Å². The number of hydrogen-bond donors (Lipinski definition) is 0. The van der Waals surface area contributed by atoms with E-state index in [4.69, 9.17) is 4.11 Å². The Bertz CT molecular complexity index is 853. The molecule has 2 heterocycles. The van der Waals surface area contributed by atoms with Crippen LogP contribution in [0, 0.1) is 0 Å². The van der Waals surface area contributed by atoms with Crippen LogP contribution in [0.3, 0.4) is 0 Å². The number of halogens is 1. The van der Waals surface area contributed by atoms with E-state index in [1.807, 2.05) is 0 Å². The van der Waals surface area contributed by atoms with Gasteiger partial charge in [-0.1, -0.05) is 0 Å². The Morgan fingerprint density at radius 1 is 1.45 bits per heavy atom. The van der Waals surface area contributed by atoms with Crippen molar-refractivity contribution in [1.29, 1.82) is 0 Å². The van der Waals surface area contributed by atoms with Crippen molar-refractivity contribution >= 4 is 11.2 Å². The highest BCUT2D eigenvalue weighted by Crippen LogP contribution is 2.06. The monoisotopic (exact) mass is 285 g/mol. The molecule has 0 aliphatic carbocycles. The summed E-state index contributed by atoms with van der Waals surface area (Å²) >= 11 is 0. The molecule has 0 saturated heterocycles. The second kappa shape index (κ2) is 5.60. The highest BCUT2D eigenvalue weighted by molar-refractivity contribution is 5.69. The molecule has 0 saturated carbocycles. The maximum absolute atomic E-state index is 13.1. The fourth-order valence-corrected chi connectivity index (χ4v) is 2.07. The van der Waals surface area contributed by atoms with Crippen LogP contribution < -0.4 is 11.2 Å². The Hall–Kier alpha value is -1.92. The van der Waals surface area contributed by atoms with Gasteiger partial charge in [0.25, 0.3) is 5.56 Å². The minimum Gasteiger partial charge on any atom is -0.328 e. The van der Waals surface area contributed by atoms with Gasteiger partial charge in [0.2, 0.25) is 0 Å². The van der Waals surface area contributed by atoms with Crippen molar-refractivity contribution in [2.75, 3.05) is 0 Å². The van der Waals surface area contributed by atoms with E-state index in [9.17, 15) is 14.0 Å². The second-order valence-electron chi connectivity index (χ2n) is 4.67. The lowest BCUT2D eigenvalue weighted by Crippen LogP contribution is -2.39. The number of fused-ring (bicyclic) bond motifs is 1. The van der Waals surface area contributed by atoms with E-state index in [1.165, 1.54) is 23.2 Å². The van der Waals surface area contributed by atoms with Gasteiger partial charge >= 0.3 is 5.69 Å². The first-order chi connectivity index (χ1) is 10.6. The predicted molar refractivity (Wildman–Crippen MR) is 74.6 cm³/mol. The first-order valence-electron chi connectivity index (χ1n) is 7.85. The SMILES string of the molecule is [2H]c1nc2c(c(=O)n(CCCC([2H])([2H])[C@H](C)F)c(=O)n2C)n1C. The molecule has 110 valence electrons. The average Bonchev–Trinajstić information content (AvgIpc) is 2.76. The van der Waals surface area contributed by atoms with E-state index in [2.05, 4.69) is 4.98 Å². The minimum atomic E-state index is -2.00. The Balaban J connectivity index is 2.41. The van der Waals surface area contributed by atoms with Crippen LogP contribution in [-0.2, 0) is 20.6 Å². The molecule has 0 N–H and O–H groups in total. The number of alkyl halides is 1. The molecule has 6 nitrogen and oxygen atoms in total. The lowest BCUT2D eigenvalue weighted by Gasteiger charge is -2.08. The number of nitrogens with zero attached hydrogens (tertiary/aromatic N) is 4. The summed E-state index contributed by atoms with van der Waals surface area (Å²) in [7, 11) is 2.97. The van der Waals surface area contributed by atoms with E-state index in [0.29, 0.717) is 0 Å². The molecule has 0 spiro atoms. The first-order valence-corrected chi connectivity index (χ1v) is 6.35. The molecule has 0 radical (unpaired) electrons. The Morgan fingerprint density at radius 3 is 2.80 bits per heavy atom.